The number of aromatic nitrogens is 2. The lowest BCUT2D eigenvalue weighted by Crippen LogP contribution is -2.48. The number of hydrogen-bond acceptors (Lipinski definition) is 9. The largest absolute Gasteiger partial charge is 0.497 e. The van der Waals surface area contributed by atoms with Crippen LogP contribution >= 0.6 is 0 Å². The number of carbonyl (C=O) groups is 2. The van der Waals surface area contributed by atoms with E-state index in [-0.39, 0.29) is 54.0 Å². The number of likely N-dealkylation sites (N-methyl/N-ethyl adjacent to an activating group) is 1. The monoisotopic (exact) mass is 700 g/mol. The van der Waals surface area contributed by atoms with Crippen molar-refractivity contribution in [1.29, 1.82) is 0 Å². The van der Waals surface area contributed by atoms with E-state index in [2.05, 4.69) is 15.0 Å². The van der Waals surface area contributed by atoms with Gasteiger partial charge in [-0.1, -0.05) is 6.92 Å². The molecule has 3 aromatic rings. The van der Waals surface area contributed by atoms with Gasteiger partial charge in [-0.05, 0) is 75.6 Å². The van der Waals surface area contributed by atoms with Crippen LogP contribution in [0.2, 0.25) is 0 Å². The quantitative estimate of drug-likeness (QED) is 0.297. The summed E-state index contributed by atoms with van der Waals surface area (Å²) in [6.45, 7) is 6.14. The van der Waals surface area contributed by atoms with Crippen molar-refractivity contribution < 1.29 is 37.3 Å². The smallest absolute Gasteiger partial charge is 0.321 e. The lowest BCUT2D eigenvalue weighted by molar-refractivity contribution is -0.0115. The van der Waals surface area contributed by atoms with Crippen molar-refractivity contribution in [3.8, 4) is 11.5 Å². The molecule has 0 saturated heterocycles. The summed E-state index contributed by atoms with van der Waals surface area (Å²) in [5, 5.41) is 12.9. The number of nitrogens with zero attached hydrogens (tertiary/aromatic N) is 4. The Kier molecular flexibility index (Phi) is 12.9. The molecule has 15 heteroatoms. The third-order valence-corrected chi connectivity index (χ3v) is 9.67. The normalized spacial score (nSPS) is 19.9. The van der Waals surface area contributed by atoms with Crippen molar-refractivity contribution in [2.75, 3.05) is 50.5 Å². The van der Waals surface area contributed by atoms with Crippen LogP contribution in [0, 0.1) is 5.92 Å². The molecule has 3 amide bonds. The minimum Gasteiger partial charge on any atom is -0.497 e. The topological polar surface area (TPSA) is 165 Å². The van der Waals surface area contributed by atoms with Crippen LogP contribution in [-0.4, -0.2) is 104 Å². The number of carbonyl (C=O) groups excluding carboxylic acids is 2. The zero-order chi connectivity index (χ0) is 35.7. The number of urea groups is 1. The summed E-state index contributed by atoms with van der Waals surface area (Å²) < 4.78 is 47.9. The lowest BCUT2D eigenvalue weighted by atomic mass is 10.0. The fourth-order valence-electron chi connectivity index (χ4n) is 5.43. The second-order valence-corrected chi connectivity index (χ2v) is 14.2. The highest BCUT2D eigenvalue weighted by molar-refractivity contribution is 7.92. The summed E-state index contributed by atoms with van der Waals surface area (Å²) in [4.78, 5) is 34.5. The first-order valence-electron chi connectivity index (χ1n) is 16.3. The highest BCUT2D eigenvalue weighted by atomic mass is 32.2. The molecule has 1 aliphatic rings. The zero-order valence-electron chi connectivity index (χ0n) is 29.0. The fourth-order valence-corrected chi connectivity index (χ4v) is 6.46. The van der Waals surface area contributed by atoms with E-state index < -0.39 is 28.1 Å². The molecule has 0 unspecified atom stereocenters. The highest BCUT2D eigenvalue weighted by Gasteiger charge is 2.31. The average Bonchev–Trinajstić information content (AvgIpc) is 3.53. The summed E-state index contributed by atoms with van der Waals surface area (Å²) in [5.74, 6) is 0.262. The van der Waals surface area contributed by atoms with Crippen LogP contribution in [0.1, 0.15) is 50.4 Å². The Hall–Kier alpha value is -4.34. The second kappa shape index (κ2) is 16.9. The van der Waals surface area contributed by atoms with Crippen LogP contribution in [0.25, 0.3) is 0 Å². The van der Waals surface area contributed by atoms with Gasteiger partial charge in [0, 0.05) is 57.3 Å². The number of sulfonamides is 1. The van der Waals surface area contributed by atoms with E-state index in [0.717, 1.165) is 12.8 Å². The Morgan fingerprint density at radius 3 is 2.53 bits per heavy atom. The van der Waals surface area contributed by atoms with Gasteiger partial charge in [-0.2, -0.15) is 8.42 Å². The van der Waals surface area contributed by atoms with E-state index >= 15 is 0 Å². The Bertz CT molecular complexity index is 1660. The number of anilines is 2. The van der Waals surface area contributed by atoms with Gasteiger partial charge in [0.25, 0.3) is 15.9 Å². The van der Waals surface area contributed by atoms with Gasteiger partial charge in [0.05, 0.1) is 43.9 Å². The number of fused-ring (bicyclic) bond motifs is 1. The van der Waals surface area contributed by atoms with Crippen LogP contribution in [0.5, 0.6) is 11.5 Å². The number of amides is 3. The molecule has 2 aromatic carbocycles. The predicted octanol–water partition coefficient (Wildman–Crippen LogP) is 4.19. The number of benzene rings is 2. The maximum atomic E-state index is 14.4. The van der Waals surface area contributed by atoms with Crippen LogP contribution < -0.4 is 19.5 Å². The van der Waals surface area contributed by atoms with Crippen molar-refractivity contribution in [1.82, 2.24) is 19.4 Å². The van der Waals surface area contributed by atoms with Gasteiger partial charge < -0.3 is 39.0 Å². The minimum absolute atomic E-state index is 0.145. The van der Waals surface area contributed by atoms with E-state index in [0.29, 0.717) is 30.2 Å². The molecule has 2 heterocycles. The number of hydrogen-bond donors (Lipinski definition) is 3. The summed E-state index contributed by atoms with van der Waals surface area (Å²) in [6.07, 6.45) is 4.31. The Balaban J connectivity index is 1.60. The number of aliphatic hydroxyl groups excluding tert-OH is 1. The van der Waals surface area contributed by atoms with Gasteiger partial charge >= 0.3 is 6.03 Å². The van der Waals surface area contributed by atoms with E-state index in [1.807, 2.05) is 13.8 Å². The van der Waals surface area contributed by atoms with Gasteiger partial charge in [0.1, 0.15) is 11.5 Å². The van der Waals surface area contributed by atoms with E-state index in [1.165, 1.54) is 28.1 Å². The fraction of sp³-hybridized carbons (Fsp3) is 0.500. The molecule has 49 heavy (non-hydrogen) atoms. The molecular formula is C34H48N6O8S. The lowest BCUT2D eigenvalue weighted by Gasteiger charge is -2.35. The van der Waals surface area contributed by atoms with Gasteiger partial charge in [0.2, 0.25) is 0 Å². The van der Waals surface area contributed by atoms with Gasteiger partial charge in [0.15, 0.2) is 5.03 Å². The van der Waals surface area contributed by atoms with Crippen molar-refractivity contribution in [3.63, 3.8) is 0 Å². The first-order chi connectivity index (χ1) is 23.3. The molecule has 1 aliphatic heterocycles. The Morgan fingerprint density at radius 1 is 1.16 bits per heavy atom. The van der Waals surface area contributed by atoms with Crippen molar-refractivity contribution >= 4 is 33.3 Å². The molecule has 0 saturated carbocycles. The maximum Gasteiger partial charge on any atom is 0.321 e. The first-order valence-corrected chi connectivity index (χ1v) is 17.8. The van der Waals surface area contributed by atoms with Crippen molar-refractivity contribution in [3.05, 3.63) is 60.6 Å². The first kappa shape index (κ1) is 37.5. The molecule has 0 fully saturated rings. The van der Waals surface area contributed by atoms with Crippen LogP contribution in [0.3, 0.4) is 0 Å². The molecular weight excluding hydrogens is 652 g/mol. The van der Waals surface area contributed by atoms with E-state index in [1.54, 1.807) is 69.4 Å². The number of nitrogens with one attached hydrogen (secondary N) is 2. The summed E-state index contributed by atoms with van der Waals surface area (Å²) >= 11 is 0. The van der Waals surface area contributed by atoms with E-state index in [4.69, 9.17) is 14.2 Å². The molecule has 4 atom stereocenters. The van der Waals surface area contributed by atoms with Gasteiger partial charge in [-0.3, -0.25) is 9.52 Å². The predicted molar refractivity (Wildman–Crippen MR) is 186 cm³/mol. The van der Waals surface area contributed by atoms with Crippen molar-refractivity contribution in [2.24, 2.45) is 13.0 Å². The number of ether oxygens (including phenoxy) is 3. The molecule has 0 radical (unpaired) electrons. The third-order valence-electron chi connectivity index (χ3n) is 8.40. The summed E-state index contributed by atoms with van der Waals surface area (Å²) in [7, 11) is 0.885. The number of aryl methyl sites for hydroxylation is 1. The van der Waals surface area contributed by atoms with Crippen LogP contribution in [0.4, 0.5) is 16.2 Å². The van der Waals surface area contributed by atoms with Gasteiger partial charge in [-0.25, -0.2) is 9.78 Å². The van der Waals surface area contributed by atoms with Gasteiger partial charge in [-0.15, -0.1) is 0 Å². The molecule has 0 aliphatic carbocycles. The number of aliphatic hydroxyl groups is 1. The maximum absolute atomic E-state index is 14.4. The minimum atomic E-state index is -4.04. The van der Waals surface area contributed by atoms with Crippen molar-refractivity contribution in [2.45, 2.75) is 63.3 Å². The van der Waals surface area contributed by atoms with E-state index in [9.17, 15) is 23.1 Å². The summed E-state index contributed by atoms with van der Waals surface area (Å²) in [5.41, 5.74) is 0.916. The standard InChI is InChI=1S/C34H48N6O8S/c1-23-18-40(24(2)21-41)33(42)29-17-27(37-49(44,45)32-20-38(4)22-35-32)12-15-30(29)48-25(3)9-7-8-16-47-31(23)19-39(5)34(43)36-26-10-13-28(46-6)14-11-26/h10-15,17,20,22-25,31,37,41H,7-9,16,18-19,21H2,1-6H3,(H,36,43)/t23-,24+,25+,31-/m1/s1. The molecule has 268 valence electrons. The second-order valence-electron chi connectivity index (χ2n) is 12.5. The highest BCUT2D eigenvalue weighted by Crippen LogP contribution is 2.29. The number of methoxy groups -OCH3 is 1. The number of rotatable bonds is 9. The molecule has 0 spiro atoms. The molecule has 1 aromatic heterocycles. The molecule has 4 rings (SSSR count). The Labute approximate surface area is 288 Å². The van der Waals surface area contributed by atoms with Crippen LogP contribution in [0.15, 0.2) is 60.0 Å². The average molecular weight is 701 g/mol. The third kappa shape index (κ3) is 10.1. The molecule has 3 N–H and O–H groups in total. The molecule has 14 nitrogen and oxygen atoms in total. The van der Waals surface area contributed by atoms with Crippen LogP contribution in [-0.2, 0) is 21.8 Å². The number of imidazole rings is 1. The SMILES string of the molecule is COc1ccc(NC(=O)N(C)C[C@H]2OCCCC[C@H](C)Oc3ccc(NS(=O)(=O)c4cn(C)cn4)cc3C(=O)N([C@@H](C)CO)C[C@H]2C)cc1. The Morgan fingerprint density at radius 2 is 1.88 bits per heavy atom. The zero-order valence-corrected chi connectivity index (χ0v) is 29.8. The summed E-state index contributed by atoms with van der Waals surface area (Å²) in [6, 6.07) is 10.7. The molecule has 0 bridgehead atoms.